The molecule has 2 heterocycles. The first-order chi connectivity index (χ1) is 13.6. The maximum absolute atomic E-state index is 13.7. The molecule has 0 bridgehead atoms. The summed E-state index contributed by atoms with van der Waals surface area (Å²) in [5.74, 6) is 0.490. The molecule has 0 amide bonds. The zero-order valence-corrected chi connectivity index (χ0v) is 15.5. The number of anilines is 2. The Kier molecular flexibility index (Phi) is 3.91. The molecule has 4 aromatic rings. The van der Waals surface area contributed by atoms with Crippen molar-refractivity contribution in [3.8, 4) is 16.9 Å². The van der Waals surface area contributed by atoms with E-state index in [1.165, 1.54) is 16.8 Å². The summed E-state index contributed by atoms with van der Waals surface area (Å²) in [6, 6.07) is 13.8. The monoisotopic (exact) mass is 394 g/mol. The van der Waals surface area contributed by atoms with Crippen molar-refractivity contribution in [2.45, 2.75) is 18.9 Å². The Morgan fingerprint density at radius 3 is 2.61 bits per heavy atom. The zero-order chi connectivity index (χ0) is 19.3. The second-order valence-electron chi connectivity index (χ2n) is 6.80. The maximum atomic E-state index is 13.7. The number of rotatable bonds is 4. The van der Waals surface area contributed by atoms with Gasteiger partial charge in [0.25, 0.3) is 0 Å². The highest BCUT2D eigenvalue weighted by Gasteiger charge is 2.24. The van der Waals surface area contributed by atoms with Crippen molar-refractivity contribution in [3.63, 3.8) is 0 Å². The van der Waals surface area contributed by atoms with Gasteiger partial charge in [-0.25, -0.2) is 14.1 Å². The molecule has 140 valence electrons. The van der Waals surface area contributed by atoms with E-state index in [-0.39, 0.29) is 5.82 Å². The van der Waals surface area contributed by atoms with Gasteiger partial charge in [0.2, 0.25) is 5.95 Å². The van der Waals surface area contributed by atoms with Crippen LogP contribution in [0.5, 0.6) is 0 Å². The third-order valence-electron chi connectivity index (χ3n) is 4.65. The molecular weight excluding hydrogens is 379 g/mol. The topological polar surface area (TPSA) is 81.7 Å². The molecule has 2 aromatic heterocycles. The van der Waals surface area contributed by atoms with Crippen LogP contribution in [0.4, 0.5) is 16.2 Å². The van der Waals surface area contributed by atoms with Crippen molar-refractivity contribution in [1.82, 2.24) is 19.7 Å². The first-order valence-electron chi connectivity index (χ1n) is 8.93. The Morgan fingerprint density at radius 1 is 1.11 bits per heavy atom. The van der Waals surface area contributed by atoms with E-state index in [1.807, 2.05) is 12.1 Å². The van der Waals surface area contributed by atoms with E-state index in [1.54, 1.807) is 24.3 Å². The number of nitrogens with one attached hydrogen (secondary N) is 1. The van der Waals surface area contributed by atoms with Gasteiger partial charge in [0.1, 0.15) is 11.6 Å². The number of hydrogen-bond acceptors (Lipinski definition) is 5. The van der Waals surface area contributed by atoms with E-state index < -0.39 is 0 Å². The molecule has 0 unspecified atom stereocenters. The van der Waals surface area contributed by atoms with Gasteiger partial charge in [-0.15, -0.1) is 5.10 Å². The number of hydrogen-bond donors (Lipinski definition) is 2. The van der Waals surface area contributed by atoms with Crippen molar-refractivity contribution >= 4 is 34.4 Å². The molecule has 28 heavy (non-hydrogen) atoms. The largest absolute Gasteiger partial charge is 0.383 e. The fraction of sp³-hybridized carbons (Fsp3) is 0.150. The minimum absolute atomic E-state index is 0.350. The number of halogens is 2. The van der Waals surface area contributed by atoms with Gasteiger partial charge in [-0.3, -0.25) is 0 Å². The highest BCUT2D eigenvalue weighted by Crippen LogP contribution is 2.34. The summed E-state index contributed by atoms with van der Waals surface area (Å²) in [6.07, 6.45) is 2.19. The molecule has 0 radical (unpaired) electrons. The highest BCUT2D eigenvalue weighted by molar-refractivity contribution is 6.30. The molecule has 2 aromatic carbocycles. The summed E-state index contributed by atoms with van der Waals surface area (Å²) in [7, 11) is 0. The Balaban J connectivity index is 1.74. The smallest absolute Gasteiger partial charge is 0.225 e. The number of fused-ring (bicyclic) bond motifs is 1. The number of benzene rings is 2. The first kappa shape index (κ1) is 16.9. The molecule has 0 atom stereocenters. The molecule has 1 aliphatic carbocycles. The van der Waals surface area contributed by atoms with E-state index >= 15 is 0 Å². The van der Waals surface area contributed by atoms with E-state index in [9.17, 15) is 4.39 Å². The lowest BCUT2D eigenvalue weighted by Crippen LogP contribution is -2.06. The third-order valence-corrected chi connectivity index (χ3v) is 4.90. The van der Waals surface area contributed by atoms with Gasteiger partial charge in [0.05, 0.1) is 16.8 Å². The predicted molar refractivity (Wildman–Crippen MR) is 108 cm³/mol. The summed E-state index contributed by atoms with van der Waals surface area (Å²) in [5, 5.41) is 9.08. The lowest BCUT2D eigenvalue weighted by atomic mass is 10.1. The zero-order valence-electron chi connectivity index (χ0n) is 14.7. The van der Waals surface area contributed by atoms with E-state index in [4.69, 9.17) is 22.3 Å². The first-order valence-corrected chi connectivity index (χ1v) is 9.31. The predicted octanol–water partition coefficient (Wildman–Crippen LogP) is 4.43. The highest BCUT2D eigenvalue weighted by atomic mass is 35.5. The molecule has 1 saturated carbocycles. The van der Waals surface area contributed by atoms with Crippen molar-refractivity contribution in [2.75, 3.05) is 11.1 Å². The van der Waals surface area contributed by atoms with Gasteiger partial charge >= 0.3 is 0 Å². The molecule has 8 heteroatoms. The summed E-state index contributed by atoms with van der Waals surface area (Å²) in [5.41, 5.74) is 8.88. The van der Waals surface area contributed by atoms with Crippen LogP contribution in [-0.4, -0.2) is 25.8 Å². The maximum Gasteiger partial charge on any atom is 0.225 e. The molecule has 3 N–H and O–H groups in total. The average Bonchev–Trinajstić information content (AvgIpc) is 3.43. The van der Waals surface area contributed by atoms with Crippen molar-refractivity contribution < 1.29 is 4.39 Å². The molecule has 0 saturated heterocycles. The Morgan fingerprint density at radius 2 is 1.89 bits per heavy atom. The number of aromatic nitrogens is 4. The van der Waals surface area contributed by atoms with Crippen molar-refractivity contribution in [3.05, 3.63) is 59.4 Å². The summed E-state index contributed by atoms with van der Waals surface area (Å²) in [4.78, 5) is 9.23. The van der Waals surface area contributed by atoms with Gasteiger partial charge in [-0.2, -0.15) is 4.98 Å². The third kappa shape index (κ3) is 3.03. The average molecular weight is 395 g/mol. The van der Waals surface area contributed by atoms with E-state index in [0.717, 1.165) is 18.4 Å². The fourth-order valence-corrected chi connectivity index (χ4v) is 3.23. The molecular formula is C20H16ClFN6. The Bertz CT molecular complexity index is 1180. The number of nitrogen functional groups attached to an aromatic ring is 1. The summed E-state index contributed by atoms with van der Waals surface area (Å²) in [6.45, 7) is 0. The van der Waals surface area contributed by atoms with Crippen LogP contribution in [-0.2, 0) is 0 Å². The van der Waals surface area contributed by atoms with Crippen LogP contribution in [0.3, 0.4) is 0 Å². The molecule has 0 spiro atoms. The second-order valence-corrected chi connectivity index (χ2v) is 7.23. The van der Waals surface area contributed by atoms with Crippen LogP contribution in [0.2, 0.25) is 5.02 Å². The van der Waals surface area contributed by atoms with Crippen molar-refractivity contribution in [2.24, 2.45) is 0 Å². The molecule has 1 fully saturated rings. The van der Waals surface area contributed by atoms with Crippen molar-refractivity contribution in [1.29, 1.82) is 0 Å². The Labute approximate surface area is 165 Å². The van der Waals surface area contributed by atoms with Crippen LogP contribution in [0.25, 0.3) is 28.0 Å². The van der Waals surface area contributed by atoms with Crippen LogP contribution >= 0.6 is 11.6 Å². The minimum atomic E-state index is -0.364. The van der Waals surface area contributed by atoms with E-state index in [2.05, 4.69) is 15.4 Å². The lowest BCUT2D eigenvalue weighted by molar-refractivity contribution is 0.625. The van der Waals surface area contributed by atoms with Gasteiger partial charge < -0.3 is 11.1 Å². The van der Waals surface area contributed by atoms with Gasteiger partial charge in [0.15, 0.2) is 5.65 Å². The molecule has 1 aliphatic rings. The molecule has 0 aliphatic heterocycles. The van der Waals surface area contributed by atoms with Crippen LogP contribution in [0.1, 0.15) is 12.8 Å². The Hall–Kier alpha value is -3.19. The normalized spacial score (nSPS) is 13.8. The van der Waals surface area contributed by atoms with Gasteiger partial charge in [0, 0.05) is 16.6 Å². The van der Waals surface area contributed by atoms with E-state index in [0.29, 0.717) is 45.2 Å². The quantitative estimate of drug-likeness (QED) is 0.535. The van der Waals surface area contributed by atoms with Gasteiger partial charge in [-0.1, -0.05) is 29.8 Å². The fourth-order valence-electron chi connectivity index (χ4n) is 3.11. The van der Waals surface area contributed by atoms with Crippen LogP contribution < -0.4 is 11.1 Å². The number of nitrogens with two attached hydrogens (primary N) is 1. The SMILES string of the molecule is Nc1c2c(-c3ccc(Cl)cc3)nc(NC3CC3)nc2nn1-c1cccc(F)c1. The lowest BCUT2D eigenvalue weighted by Gasteiger charge is -2.08. The minimum Gasteiger partial charge on any atom is -0.383 e. The summed E-state index contributed by atoms with van der Waals surface area (Å²) >= 11 is 6.03. The standard InChI is InChI=1S/C20H16ClFN6/c21-12-6-4-11(5-7-12)17-16-18(23)28(15-3-1-2-13(22)10-15)27-19(16)26-20(25-17)24-14-8-9-14/h1-7,10,14H,8-9,23H2,(H,24,26,27). The van der Waals surface area contributed by atoms with Crippen LogP contribution in [0, 0.1) is 5.82 Å². The summed E-state index contributed by atoms with van der Waals surface area (Å²) < 4.78 is 15.2. The number of nitrogens with zero attached hydrogens (tertiary/aromatic N) is 4. The van der Waals surface area contributed by atoms with Crippen LogP contribution in [0.15, 0.2) is 48.5 Å². The second kappa shape index (κ2) is 6.45. The molecule has 6 nitrogen and oxygen atoms in total. The molecule has 5 rings (SSSR count). The van der Waals surface area contributed by atoms with Gasteiger partial charge in [-0.05, 0) is 43.2 Å².